The Morgan fingerprint density at radius 3 is 2.76 bits per heavy atom. The zero-order valence-corrected chi connectivity index (χ0v) is 20.0. The van der Waals surface area contributed by atoms with E-state index >= 15 is 0 Å². The van der Waals surface area contributed by atoms with Crippen LogP contribution in [0.3, 0.4) is 0 Å². The lowest BCUT2D eigenvalue weighted by Crippen LogP contribution is -2.14. The van der Waals surface area contributed by atoms with Crippen molar-refractivity contribution in [3.05, 3.63) is 110 Å². The van der Waals surface area contributed by atoms with Crippen LogP contribution in [0.2, 0.25) is 5.02 Å². The van der Waals surface area contributed by atoms with Crippen molar-refractivity contribution in [2.24, 2.45) is 0 Å². The zero-order valence-electron chi connectivity index (χ0n) is 17.7. The van der Waals surface area contributed by atoms with E-state index in [0.29, 0.717) is 33.0 Å². The summed E-state index contributed by atoms with van der Waals surface area (Å²) in [5.41, 5.74) is 2.77. The van der Waals surface area contributed by atoms with Crippen LogP contribution in [0.15, 0.2) is 77.4 Å². The second-order valence-corrected chi connectivity index (χ2v) is 8.76. The number of carbonyl (C=O) groups is 1. The van der Waals surface area contributed by atoms with Gasteiger partial charge in [0.05, 0.1) is 11.0 Å². The van der Waals surface area contributed by atoms with E-state index < -0.39 is 0 Å². The number of carbonyl (C=O) groups excluding carboxylic acids is 1. The molecule has 1 aromatic heterocycles. The molecule has 0 saturated carbocycles. The minimum Gasteiger partial charge on any atom is -0.489 e. The van der Waals surface area contributed by atoms with Crippen LogP contribution in [0.4, 0.5) is 10.2 Å². The number of halogens is 3. The summed E-state index contributed by atoms with van der Waals surface area (Å²) in [5.74, 6) is 0.479. The first kappa shape index (κ1) is 23.0. The van der Waals surface area contributed by atoms with Crippen LogP contribution in [-0.2, 0) is 13.2 Å². The molecule has 168 valence electrons. The van der Waals surface area contributed by atoms with Crippen LogP contribution in [0.25, 0.3) is 0 Å². The summed E-state index contributed by atoms with van der Waals surface area (Å²) in [6.45, 7) is 2.48. The average molecular weight is 529 g/mol. The van der Waals surface area contributed by atoms with Gasteiger partial charge in [-0.05, 0) is 70.4 Å². The number of benzene rings is 3. The number of nitrogens with one attached hydrogen (secondary N) is 1. The van der Waals surface area contributed by atoms with Gasteiger partial charge in [0.25, 0.3) is 5.91 Å². The lowest BCUT2D eigenvalue weighted by atomic mass is 10.1. The Labute approximate surface area is 204 Å². The Morgan fingerprint density at radius 1 is 1.15 bits per heavy atom. The van der Waals surface area contributed by atoms with Gasteiger partial charge in [0, 0.05) is 22.3 Å². The van der Waals surface area contributed by atoms with Gasteiger partial charge in [0.15, 0.2) is 5.82 Å². The molecule has 8 heteroatoms. The van der Waals surface area contributed by atoms with Gasteiger partial charge in [0.2, 0.25) is 0 Å². The molecule has 1 amide bonds. The number of aromatic nitrogens is 2. The molecule has 0 bridgehead atoms. The van der Waals surface area contributed by atoms with Crippen molar-refractivity contribution < 1.29 is 13.9 Å². The molecule has 0 unspecified atom stereocenters. The first-order valence-corrected chi connectivity index (χ1v) is 11.3. The van der Waals surface area contributed by atoms with E-state index in [-0.39, 0.29) is 18.3 Å². The Bertz CT molecular complexity index is 1310. The third-order valence-corrected chi connectivity index (χ3v) is 5.78. The Kier molecular flexibility index (Phi) is 7.11. The molecule has 33 heavy (non-hydrogen) atoms. The maximum Gasteiger partial charge on any atom is 0.256 e. The average Bonchev–Trinajstić information content (AvgIpc) is 3.13. The minimum absolute atomic E-state index is 0.248. The summed E-state index contributed by atoms with van der Waals surface area (Å²) in [7, 11) is 0. The molecule has 0 fully saturated rings. The highest BCUT2D eigenvalue weighted by atomic mass is 79.9. The van der Waals surface area contributed by atoms with E-state index in [4.69, 9.17) is 16.3 Å². The third kappa shape index (κ3) is 5.80. The van der Waals surface area contributed by atoms with Gasteiger partial charge in [-0.2, -0.15) is 5.10 Å². The van der Waals surface area contributed by atoms with Crippen molar-refractivity contribution in [3.63, 3.8) is 0 Å². The fourth-order valence-electron chi connectivity index (χ4n) is 3.28. The molecule has 4 aromatic rings. The molecule has 0 aliphatic rings. The number of aryl methyl sites for hydroxylation is 1. The Morgan fingerprint density at radius 2 is 1.97 bits per heavy atom. The summed E-state index contributed by atoms with van der Waals surface area (Å²) < 4.78 is 22.0. The van der Waals surface area contributed by atoms with Crippen molar-refractivity contribution in [1.82, 2.24) is 9.78 Å². The van der Waals surface area contributed by atoms with Crippen LogP contribution in [0.5, 0.6) is 5.75 Å². The highest BCUT2D eigenvalue weighted by molar-refractivity contribution is 9.10. The molecule has 0 saturated heterocycles. The number of hydrogen-bond donors (Lipinski definition) is 1. The van der Waals surface area contributed by atoms with Crippen molar-refractivity contribution in [2.45, 2.75) is 20.1 Å². The number of hydrogen-bond acceptors (Lipinski definition) is 3. The SMILES string of the molecule is Cc1cc(Cl)ccc1OCc1cccc(C(=O)Nc2nn(Cc3ccccc3F)cc2Br)c1. The summed E-state index contributed by atoms with van der Waals surface area (Å²) in [5, 5.41) is 7.81. The Balaban J connectivity index is 1.42. The Hall–Kier alpha value is -3.16. The number of amides is 1. The molecule has 0 spiro atoms. The molecule has 1 N–H and O–H groups in total. The normalized spacial score (nSPS) is 10.8. The van der Waals surface area contributed by atoms with Gasteiger partial charge in [0.1, 0.15) is 18.2 Å². The smallest absolute Gasteiger partial charge is 0.256 e. The van der Waals surface area contributed by atoms with Gasteiger partial charge < -0.3 is 10.1 Å². The molecule has 4 rings (SSSR count). The summed E-state index contributed by atoms with van der Waals surface area (Å²) >= 11 is 9.40. The highest BCUT2D eigenvalue weighted by Gasteiger charge is 2.14. The molecule has 0 aliphatic heterocycles. The van der Waals surface area contributed by atoms with Gasteiger partial charge >= 0.3 is 0 Å². The van der Waals surface area contributed by atoms with Crippen LogP contribution < -0.4 is 10.1 Å². The van der Waals surface area contributed by atoms with E-state index in [1.54, 1.807) is 53.3 Å². The van der Waals surface area contributed by atoms with Gasteiger partial charge in [-0.25, -0.2) is 4.39 Å². The molecule has 1 heterocycles. The third-order valence-electron chi connectivity index (χ3n) is 4.96. The van der Waals surface area contributed by atoms with Crippen LogP contribution in [0, 0.1) is 12.7 Å². The van der Waals surface area contributed by atoms with E-state index in [2.05, 4.69) is 26.3 Å². The number of rotatable bonds is 7. The monoisotopic (exact) mass is 527 g/mol. The summed E-state index contributed by atoms with van der Waals surface area (Å²) in [6.07, 6.45) is 1.70. The highest BCUT2D eigenvalue weighted by Crippen LogP contribution is 2.24. The molecular formula is C25H20BrClFN3O2. The van der Waals surface area contributed by atoms with Gasteiger partial charge in [-0.15, -0.1) is 0 Å². The fourth-order valence-corrected chi connectivity index (χ4v) is 3.92. The van der Waals surface area contributed by atoms with Gasteiger partial charge in [-0.1, -0.05) is 41.9 Å². The van der Waals surface area contributed by atoms with E-state index in [0.717, 1.165) is 16.9 Å². The number of nitrogens with zero attached hydrogens (tertiary/aromatic N) is 2. The van der Waals surface area contributed by atoms with Crippen LogP contribution >= 0.6 is 27.5 Å². The van der Waals surface area contributed by atoms with Crippen molar-refractivity contribution >= 4 is 39.3 Å². The van der Waals surface area contributed by atoms with Crippen molar-refractivity contribution in [1.29, 1.82) is 0 Å². The maximum atomic E-state index is 13.9. The fraction of sp³-hybridized carbons (Fsp3) is 0.120. The molecule has 0 atom stereocenters. The topological polar surface area (TPSA) is 56.1 Å². The summed E-state index contributed by atoms with van der Waals surface area (Å²) in [4.78, 5) is 12.8. The van der Waals surface area contributed by atoms with E-state index in [1.165, 1.54) is 6.07 Å². The number of ether oxygens (including phenoxy) is 1. The van der Waals surface area contributed by atoms with Crippen molar-refractivity contribution in [2.75, 3.05) is 5.32 Å². The molecule has 3 aromatic carbocycles. The van der Waals surface area contributed by atoms with Crippen LogP contribution in [-0.4, -0.2) is 15.7 Å². The summed E-state index contributed by atoms with van der Waals surface area (Å²) in [6, 6.07) is 19.1. The van der Waals surface area contributed by atoms with E-state index in [9.17, 15) is 9.18 Å². The largest absolute Gasteiger partial charge is 0.489 e. The number of anilines is 1. The molecule has 0 radical (unpaired) electrons. The molecule has 5 nitrogen and oxygen atoms in total. The zero-order chi connectivity index (χ0) is 23.4. The predicted octanol–water partition coefficient (Wildman–Crippen LogP) is 6.63. The molecule has 0 aliphatic carbocycles. The van der Waals surface area contributed by atoms with Crippen LogP contribution in [0.1, 0.15) is 27.0 Å². The van der Waals surface area contributed by atoms with Crippen molar-refractivity contribution in [3.8, 4) is 5.75 Å². The lowest BCUT2D eigenvalue weighted by molar-refractivity contribution is 0.102. The standard InChI is InChI=1S/C25H20BrClFN3O2/c1-16-11-20(27)9-10-23(16)33-15-17-5-4-7-18(12-17)25(32)29-24-21(26)14-31(30-24)13-19-6-2-3-8-22(19)28/h2-12,14H,13,15H2,1H3,(H,29,30,32). The first-order chi connectivity index (χ1) is 15.9. The predicted molar refractivity (Wildman–Crippen MR) is 130 cm³/mol. The second kappa shape index (κ2) is 10.2. The van der Waals surface area contributed by atoms with E-state index in [1.807, 2.05) is 25.1 Å². The first-order valence-electron chi connectivity index (χ1n) is 10.1. The maximum absolute atomic E-state index is 13.9. The second-order valence-electron chi connectivity index (χ2n) is 7.47. The minimum atomic E-state index is -0.309. The quantitative estimate of drug-likeness (QED) is 0.293. The lowest BCUT2D eigenvalue weighted by Gasteiger charge is -2.10. The molecular weight excluding hydrogens is 509 g/mol. The van der Waals surface area contributed by atoms with Gasteiger partial charge in [-0.3, -0.25) is 9.48 Å².